The maximum Gasteiger partial charge on any atom is 0.414 e. The molecule has 0 aliphatic carbocycles. The van der Waals surface area contributed by atoms with Crippen molar-refractivity contribution >= 4 is 29.5 Å². The number of methoxy groups -OCH3 is 1. The molecule has 1 amide bonds. The fourth-order valence-electron chi connectivity index (χ4n) is 3.04. The van der Waals surface area contributed by atoms with E-state index < -0.39 is 11.9 Å². The number of hydrogen-bond acceptors (Lipinski definition) is 7. The van der Waals surface area contributed by atoms with Crippen LogP contribution in [0, 0.1) is 12.8 Å². The van der Waals surface area contributed by atoms with Gasteiger partial charge in [0.25, 0.3) is 0 Å². The molecular formula is C21H30N2O8. The van der Waals surface area contributed by atoms with Gasteiger partial charge >= 0.3 is 17.9 Å². The summed E-state index contributed by atoms with van der Waals surface area (Å²) < 4.78 is 10.4. The van der Waals surface area contributed by atoms with Crippen molar-refractivity contribution in [3.05, 3.63) is 23.8 Å². The van der Waals surface area contributed by atoms with Gasteiger partial charge in [-0.15, -0.1) is 0 Å². The van der Waals surface area contributed by atoms with E-state index in [-0.39, 0.29) is 17.8 Å². The number of benzene rings is 1. The topological polar surface area (TPSA) is 142 Å². The molecule has 1 aliphatic heterocycles. The Labute approximate surface area is 181 Å². The third-order valence-corrected chi connectivity index (χ3v) is 4.67. The minimum absolute atomic E-state index is 0.00146. The number of piperidine rings is 1. The van der Waals surface area contributed by atoms with Crippen LogP contribution in [0.3, 0.4) is 0 Å². The zero-order valence-electron chi connectivity index (χ0n) is 18.1. The Morgan fingerprint density at radius 2 is 1.74 bits per heavy atom. The lowest BCUT2D eigenvalue weighted by Gasteiger charge is -2.30. The lowest BCUT2D eigenvalue weighted by molar-refractivity contribution is -0.159. The van der Waals surface area contributed by atoms with E-state index in [0.717, 1.165) is 31.5 Å². The largest absolute Gasteiger partial charge is 0.495 e. The summed E-state index contributed by atoms with van der Waals surface area (Å²) in [6.07, 6.45) is 2.01. The van der Waals surface area contributed by atoms with Crippen LogP contribution in [0.5, 0.6) is 5.75 Å². The summed E-state index contributed by atoms with van der Waals surface area (Å²) in [6.45, 7) is 6.57. The average molecular weight is 438 g/mol. The molecule has 10 nitrogen and oxygen atoms in total. The summed E-state index contributed by atoms with van der Waals surface area (Å²) in [7, 11) is 1.59. The van der Waals surface area contributed by atoms with Crippen LogP contribution in [0.25, 0.3) is 0 Å². The van der Waals surface area contributed by atoms with Crippen molar-refractivity contribution in [2.24, 2.45) is 5.92 Å². The van der Waals surface area contributed by atoms with Gasteiger partial charge < -0.3 is 29.9 Å². The van der Waals surface area contributed by atoms with E-state index in [1.165, 1.54) is 0 Å². The van der Waals surface area contributed by atoms with E-state index in [1.54, 1.807) is 7.11 Å². The monoisotopic (exact) mass is 438 g/mol. The Kier molecular flexibility index (Phi) is 11.0. The van der Waals surface area contributed by atoms with Gasteiger partial charge in [0.05, 0.1) is 25.3 Å². The molecule has 0 bridgehead atoms. The molecule has 0 aromatic heterocycles. The van der Waals surface area contributed by atoms with Gasteiger partial charge in [0.2, 0.25) is 5.91 Å². The number of esters is 1. The number of carbonyl (C=O) groups excluding carboxylic acids is 2. The lowest BCUT2D eigenvalue weighted by Crippen LogP contribution is -2.38. The molecule has 1 aliphatic rings. The van der Waals surface area contributed by atoms with E-state index in [1.807, 2.05) is 32.0 Å². The third kappa shape index (κ3) is 9.47. The first-order chi connectivity index (χ1) is 14.7. The summed E-state index contributed by atoms with van der Waals surface area (Å²) in [5, 5.41) is 17.7. The molecule has 10 heteroatoms. The predicted octanol–water partition coefficient (Wildman–Crippen LogP) is 1.76. The maximum absolute atomic E-state index is 12.2. The maximum atomic E-state index is 12.2. The normalized spacial score (nSPS) is 14.0. The average Bonchev–Trinajstić information content (AvgIpc) is 2.73. The number of nitrogens with zero attached hydrogens (tertiary/aromatic N) is 1. The number of likely N-dealkylation sites (tertiary alicyclic amines) is 1. The summed E-state index contributed by atoms with van der Waals surface area (Å²) in [6, 6.07) is 5.70. The molecule has 0 radical (unpaired) electrons. The fraction of sp³-hybridized carbons (Fsp3) is 0.524. The molecule has 1 aromatic carbocycles. The molecule has 0 atom stereocenters. The number of hydrogen-bond donors (Lipinski definition) is 3. The highest BCUT2D eigenvalue weighted by atomic mass is 16.5. The SMILES string of the molecule is CCOC(=O)C1CCN(CCC(=O)Nc2cc(C)ccc2OC)CC1.O=C(O)C(=O)O. The van der Waals surface area contributed by atoms with Crippen molar-refractivity contribution in [3.63, 3.8) is 0 Å². The number of aliphatic carboxylic acids is 2. The van der Waals surface area contributed by atoms with Crippen LogP contribution < -0.4 is 10.1 Å². The van der Waals surface area contributed by atoms with Crippen molar-refractivity contribution in [3.8, 4) is 5.75 Å². The second-order valence-corrected chi connectivity index (χ2v) is 6.98. The van der Waals surface area contributed by atoms with Gasteiger partial charge in [-0.2, -0.15) is 0 Å². The van der Waals surface area contributed by atoms with Gasteiger partial charge in [0, 0.05) is 13.0 Å². The minimum Gasteiger partial charge on any atom is -0.495 e. The quantitative estimate of drug-likeness (QED) is 0.429. The molecule has 31 heavy (non-hydrogen) atoms. The second-order valence-electron chi connectivity index (χ2n) is 6.98. The van der Waals surface area contributed by atoms with E-state index in [9.17, 15) is 9.59 Å². The van der Waals surface area contributed by atoms with Gasteiger partial charge in [0.15, 0.2) is 0 Å². The van der Waals surface area contributed by atoms with Crippen LogP contribution >= 0.6 is 0 Å². The van der Waals surface area contributed by atoms with Crippen LogP contribution in [0.15, 0.2) is 18.2 Å². The fourth-order valence-corrected chi connectivity index (χ4v) is 3.04. The summed E-state index contributed by atoms with van der Waals surface area (Å²) in [4.78, 5) is 44.4. The van der Waals surface area contributed by atoms with Crippen LogP contribution in [-0.4, -0.2) is 72.3 Å². The van der Waals surface area contributed by atoms with Crippen LogP contribution in [0.1, 0.15) is 31.7 Å². The number of ether oxygens (including phenoxy) is 2. The molecular weight excluding hydrogens is 408 g/mol. The Morgan fingerprint density at radius 1 is 1.13 bits per heavy atom. The second kappa shape index (κ2) is 13.2. The van der Waals surface area contributed by atoms with Crippen LogP contribution in [-0.2, 0) is 23.9 Å². The molecule has 172 valence electrons. The number of carbonyl (C=O) groups is 4. The summed E-state index contributed by atoms with van der Waals surface area (Å²) in [5.41, 5.74) is 1.77. The van der Waals surface area contributed by atoms with Crippen molar-refractivity contribution in [1.29, 1.82) is 0 Å². The first-order valence-electron chi connectivity index (χ1n) is 9.97. The summed E-state index contributed by atoms with van der Waals surface area (Å²) >= 11 is 0. The molecule has 0 saturated carbocycles. The van der Waals surface area contributed by atoms with Gasteiger partial charge in [0.1, 0.15) is 5.75 Å². The Balaban J connectivity index is 0.000000703. The number of anilines is 1. The number of amides is 1. The molecule has 2 rings (SSSR count). The van der Waals surface area contributed by atoms with Crippen molar-refractivity contribution < 1.29 is 38.9 Å². The number of rotatable bonds is 7. The standard InChI is InChI=1S/C19H28N2O4.C2H2O4/c1-4-25-19(23)15-7-10-21(11-8-15)12-9-18(22)20-16-13-14(2)5-6-17(16)24-3;3-1(4)2(5)6/h5-6,13,15H,4,7-12H2,1-3H3,(H,20,22);(H,3,4)(H,5,6). The number of nitrogens with one attached hydrogen (secondary N) is 1. The van der Waals surface area contributed by atoms with E-state index >= 15 is 0 Å². The van der Waals surface area contributed by atoms with Crippen molar-refractivity contribution in [2.45, 2.75) is 33.1 Å². The highest BCUT2D eigenvalue weighted by Crippen LogP contribution is 2.25. The third-order valence-electron chi connectivity index (χ3n) is 4.67. The van der Waals surface area contributed by atoms with Gasteiger partial charge in [-0.05, 0) is 57.5 Å². The first kappa shape index (κ1) is 25.9. The molecule has 3 N–H and O–H groups in total. The van der Waals surface area contributed by atoms with Gasteiger partial charge in [-0.25, -0.2) is 9.59 Å². The number of aryl methyl sites for hydroxylation is 1. The Morgan fingerprint density at radius 3 is 2.26 bits per heavy atom. The van der Waals surface area contributed by atoms with Crippen LogP contribution in [0.4, 0.5) is 5.69 Å². The van der Waals surface area contributed by atoms with E-state index in [4.69, 9.17) is 29.3 Å². The lowest BCUT2D eigenvalue weighted by atomic mass is 9.97. The highest BCUT2D eigenvalue weighted by Gasteiger charge is 2.26. The zero-order valence-corrected chi connectivity index (χ0v) is 18.1. The molecule has 1 aromatic rings. The van der Waals surface area contributed by atoms with E-state index in [0.29, 0.717) is 31.0 Å². The smallest absolute Gasteiger partial charge is 0.414 e. The number of carboxylic acids is 2. The van der Waals surface area contributed by atoms with Crippen molar-refractivity contribution in [1.82, 2.24) is 4.90 Å². The van der Waals surface area contributed by atoms with Crippen LogP contribution in [0.2, 0.25) is 0 Å². The Bertz CT molecular complexity index is 761. The molecule has 0 unspecified atom stereocenters. The minimum atomic E-state index is -1.82. The van der Waals surface area contributed by atoms with Crippen molar-refractivity contribution in [2.75, 3.05) is 38.7 Å². The number of carboxylic acid groups (broad SMARTS) is 2. The van der Waals surface area contributed by atoms with Gasteiger partial charge in [-0.1, -0.05) is 6.07 Å². The van der Waals surface area contributed by atoms with E-state index in [2.05, 4.69) is 10.2 Å². The molecule has 0 spiro atoms. The van der Waals surface area contributed by atoms with Gasteiger partial charge in [-0.3, -0.25) is 9.59 Å². The first-order valence-corrected chi connectivity index (χ1v) is 9.97. The molecule has 1 fully saturated rings. The zero-order chi connectivity index (χ0) is 23.4. The molecule has 1 heterocycles. The highest BCUT2D eigenvalue weighted by molar-refractivity contribution is 6.27. The Hall–Kier alpha value is -3.14. The predicted molar refractivity (Wildman–Crippen MR) is 112 cm³/mol. The summed E-state index contributed by atoms with van der Waals surface area (Å²) in [5.74, 6) is -3.11. The molecule has 1 saturated heterocycles.